The van der Waals surface area contributed by atoms with Crippen molar-refractivity contribution in [1.29, 1.82) is 0 Å². The van der Waals surface area contributed by atoms with Gasteiger partial charge in [-0.25, -0.2) is 0 Å². The van der Waals surface area contributed by atoms with Crippen molar-refractivity contribution in [3.63, 3.8) is 0 Å². The van der Waals surface area contributed by atoms with Crippen LogP contribution in [-0.2, 0) is 43.0 Å². The van der Waals surface area contributed by atoms with Crippen LogP contribution in [0.2, 0.25) is 0 Å². The van der Waals surface area contributed by atoms with E-state index in [1.54, 1.807) is 13.8 Å². The first-order valence-electron chi connectivity index (χ1n) is 21.4. The molecule has 7 heteroatoms. The molecule has 0 amide bonds. The van der Waals surface area contributed by atoms with Gasteiger partial charge in [-0.15, -0.1) is 0 Å². The summed E-state index contributed by atoms with van der Waals surface area (Å²) in [6.07, 6.45) is 37.3. The van der Waals surface area contributed by atoms with Crippen LogP contribution >= 0.6 is 0 Å². The summed E-state index contributed by atoms with van der Waals surface area (Å²) in [6, 6.07) is 0. The number of hydrogen-bond donors (Lipinski definition) is 0. The smallest absolute Gasteiger partial charge is 0.0654 e. The minimum absolute atomic E-state index is 0.199. The van der Waals surface area contributed by atoms with Crippen molar-refractivity contribution in [1.82, 2.24) is 0 Å². The van der Waals surface area contributed by atoms with E-state index in [0.29, 0.717) is 12.8 Å². The molecule has 292 valence electrons. The van der Waals surface area contributed by atoms with E-state index in [1.165, 1.54) is 141 Å². The second kappa shape index (κ2) is 36.4. The van der Waals surface area contributed by atoms with E-state index in [-0.39, 0.29) is 36.1 Å². The minimum Gasteiger partial charge on any atom is -0.0654 e. The zero-order valence-corrected chi connectivity index (χ0v) is 35.0. The van der Waals surface area contributed by atoms with Crippen LogP contribution in [0.25, 0.3) is 0 Å². The Morgan fingerprint density at radius 2 is 0.740 bits per heavy atom. The summed E-state index contributed by atoms with van der Waals surface area (Å²) in [5, 5.41) is 0. The second-order valence-electron chi connectivity index (χ2n) is 15.1. The molecule has 0 bridgehead atoms. The number of carbonyl (C=O) groups excluding carboxylic acids is 3. The molecular weight excluding hydrogens is 660 g/mol. The van der Waals surface area contributed by atoms with Crippen LogP contribution < -0.4 is 0 Å². The topological polar surface area (TPSA) is 86.7 Å². The predicted molar refractivity (Wildman–Crippen MR) is 205 cm³/mol. The molecule has 0 aliphatic carbocycles. The van der Waals surface area contributed by atoms with E-state index in [9.17, 15) is 17.7 Å². The van der Waals surface area contributed by atoms with E-state index in [0.717, 1.165) is 38.5 Å². The third-order valence-electron chi connectivity index (χ3n) is 9.82. The SMILES string of the molecule is C=C(C(=O)[O][Ti](=[O])[O]C(C)C)C(C(=O)CCCCCCCCCCCCCCCCC)C(=O)CCCCCCCCCCCCCCCCC. The molecule has 0 unspecified atom stereocenters. The second-order valence-corrected chi connectivity index (χ2v) is 16.6. The molecule has 0 aliphatic rings. The molecule has 0 radical (unpaired) electrons. The van der Waals surface area contributed by atoms with E-state index < -0.39 is 30.5 Å². The molecule has 0 aliphatic heterocycles. The van der Waals surface area contributed by atoms with Crippen LogP contribution in [0.3, 0.4) is 0 Å². The molecule has 0 aromatic carbocycles. The van der Waals surface area contributed by atoms with Crippen LogP contribution in [0.4, 0.5) is 0 Å². The first kappa shape index (κ1) is 49.0. The molecule has 0 N–H and O–H groups in total. The molecule has 0 atom stereocenters. The summed E-state index contributed by atoms with van der Waals surface area (Å²) in [7, 11) is 0. The summed E-state index contributed by atoms with van der Waals surface area (Å²) < 4.78 is 22.3. The van der Waals surface area contributed by atoms with Gasteiger partial charge < -0.3 is 0 Å². The fourth-order valence-electron chi connectivity index (χ4n) is 6.67. The fourth-order valence-corrected chi connectivity index (χ4v) is 7.79. The van der Waals surface area contributed by atoms with Crippen molar-refractivity contribution in [2.45, 2.75) is 239 Å². The Hall–Kier alpha value is -0.976. The fraction of sp³-hybridized carbons (Fsp3) is 0.884. The van der Waals surface area contributed by atoms with Crippen LogP contribution in [0.15, 0.2) is 12.2 Å². The molecular formula is C43H80O6Ti. The number of ketones is 2. The van der Waals surface area contributed by atoms with E-state index in [1.807, 2.05) is 0 Å². The van der Waals surface area contributed by atoms with Gasteiger partial charge in [0.1, 0.15) is 0 Å². The Kier molecular flexibility index (Phi) is 35.7. The number of rotatable bonds is 39. The van der Waals surface area contributed by atoms with Crippen molar-refractivity contribution in [2.75, 3.05) is 0 Å². The van der Waals surface area contributed by atoms with Gasteiger partial charge in [0.25, 0.3) is 0 Å². The van der Waals surface area contributed by atoms with E-state index in [2.05, 4.69) is 20.4 Å². The zero-order chi connectivity index (χ0) is 37.1. The molecule has 0 rings (SSSR count). The Bertz CT molecular complexity index is 823. The molecule has 6 nitrogen and oxygen atoms in total. The monoisotopic (exact) mass is 741 g/mol. The van der Waals surface area contributed by atoms with Gasteiger partial charge >= 0.3 is 188 Å². The maximum absolute atomic E-state index is 13.3. The zero-order valence-electron chi connectivity index (χ0n) is 33.4. The average Bonchev–Trinajstić information content (AvgIpc) is 3.07. The number of hydrogen-bond acceptors (Lipinski definition) is 6. The van der Waals surface area contributed by atoms with Gasteiger partial charge in [-0.05, 0) is 0 Å². The first-order valence-corrected chi connectivity index (χ1v) is 23.3. The van der Waals surface area contributed by atoms with Crippen molar-refractivity contribution in [3.8, 4) is 0 Å². The van der Waals surface area contributed by atoms with Gasteiger partial charge in [0.2, 0.25) is 0 Å². The molecule has 0 aromatic rings. The standard InChI is InChI=1S/C40H74O4.C3H7O.O.Ti/c1-4-6-8-10-12-14-16-18-20-22-24-26-28-30-32-34-37(41)39(36(3)40(43)44)38(42)35-33-31-29-27-25-23-21-19-17-15-13-11-9-7-5-2;1-3(2)4;;/h39H,3-35H2,1-2H3,(H,43,44);3H,1-2H3;;/q;-1;;+2/p-1. The average molecular weight is 741 g/mol. The molecule has 0 saturated carbocycles. The van der Waals surface area contributed by atoms with Gasteiger partial charge in [0.05, 0.1) is 0 Å². The van der Waals surface area contributed by atoms with Gasteiger partial charge in [0, 0.05) is 0 Å². The van der Waals surface area contributed by atoms with Crippen LogP contribution in [0.5, 0.6) is 0 Å². The minimum atomic E-state index is -3.76. The summed E-state index contributed by atoms with van der Waals surface area (Å²) in [4.78, 5) is 39.4. The summed E-state index contributed by atoms with van der Waals surface area (Å²) in [5.41, 5.74) is -0.199. The molecule has 50 heavy (non-hydrogen) atoms. The van der Waals surface area contributed by atoms with Gasteiger partial charge in [-0.3, -0.25) is 0 Å². The van der Waals surface area contributed by atoms with Crippen molar-refractivity contribution >= 4 is 17.5 Å². The Labute approximate surface area is 316 Å². The molecule has 0 spiro atoms. The van der Waals surface area contributed by atoms with Gasteiger partial charge in [-0.2, -0.15) is 0 Å². The molecule has 0 heterocycles. The summed E-state index contributed by atoms with van der Waals surface area (Å²) in [6.45, 7) is 11.7. The third-order valence-corrected chi connectivity index (χ3v) is 11.4. The van der Waals surface area contributed by atoms with Crippen molar-refractivity contribution < 1.29 is 43.0 Å². The Morgan fingerprint density at radius 1 is 0.480 bits per heavy atom. The van der Waals surface area contributed by atoms with Crippen LogP contribution in [-0.4, -0.2) is 23.6 Å². The third kappa shape index (κ3) is 30.6. The van der Waals surface area contributed by atoms with E-state index >= 15 is 0 Å². The van der Waals surface area contributed by atoms with E-state index in [4.69, 9.17) is 6.64 Å². The first-order chi connectivity index (χ1) is 24.2. The molecule has 0 aromatic heterocycles. The Morgan fingerprint density at radius 3 is 1.00 bits per heavy atom. The Balaban J connectivity index is 4.41. The maximum atomic E-state index is 13.3. The summed E-state index contributed by atoms with van der Waals surface area (Å²) in [5.74, 6) is -2.71. The van der Waals surface area contributed by atoms with Gasteiger partial charge in [0.15, 0.2) is 0 Å². The number of carbonyl (C=O) groups is 3. The molecule has 0 saturated heterocycles. The summed E-state index contributed by atoms with van der Waals surface area (Å²) >= 11 is -3.76. The van der Waals surface area contributed by atoms with Gasteiger partial charge in [-0.1, -0.05) is 129 Å². The number of Topliss-reactive ketones (excluding diaryl/α,β-unsaturated/α-hetero) is 2. The van der Waals surface area contributed by atoms with Crippen LogP contribution in [0, 0.1) is 5.92 Å². The quantitative estimate of drug-likeness (QED) is 0.0270. The number of unbranched alkanes of at least 4 members (excludes halogenated alkanes) is 28. The normalized spacial score (nSPS) is 11.4. The molecule has 0 fully saturated rings. The van der Waals surface area contributed by atoms with Crippen molar-refractivity contribution in [2.24, 2.45) is 5.92 Å². The predicted octanol–water partition coefficient (Wildman–Crippen LogP) is 13.6. The van der Waals surface area contributed by atoms with Crippen LogP contribution in [0.1, 0.15) is 233 Å². The van der Waals surface area contributed by atoms with Crippen molar-refractivity contribution in [3.05, 3.63) is 12.2 Å².